The summed E-state index contributed by atoms with van der Waals surface area (Å²) in [6.45, 7) is 0. The summed E-state index contributed by atoms with van der Waals surface area (Å²) in [5.41, 5.74) is 0. The zero-order chi connectivity index (χ0) is 0. The Hall–Kier alpha value is 2.36. The fourth-order valence-corrected chi connectivity index (χ4v) is 0. The molecule has 0 rings (SSSR count). The van der Waals surface area contributed by atoms with E-state index in [0.29, 0.717) is 0 Å². The van der Waals surface area contributed by atoms with Crippen molar-refractivity contribution in [2.75, 3.05) is 0 Å². The van der Waals surface area contributed by atoms with Crippen molar-refractivity contribution in [2.24, 2.45) is 0 Å². The van der Waals surface area contributed by atoms with Crippen molar-refractivity contribution in [1.29, 1.82) is 0 Å². The molecule has 0 fully saturated rings. The molecule has 0 saturated carbocycles. The standard InChI is InChI=1S/Ca.2ClH.Fe/h;2*1H;/q+2;;;/p-2. The summed E-state index contributed by atoms with van der Waals surface area (Å²) < 4.78 is 0. The van der Waals surface area contributed by atoms with Gasteiger partial charge >= 0.3 is 37.7 Å². The molecule has 0 atom stereocenters. The summed E-state index contributed by atoms with van der Waals surface area (Å²) >= 11 is 0. The van der Waals surface area contributed by atoms with Crippen LogP contribution in [0.4, 0.5) is 0 Å². The molecule has 0 N–H and O–H groups in total. The number of hydrogen-bond donors (Lipinski definition) is 0. The van der Waals surface area contributed by atoms with E-state index >= 15 is 0 Å². The van der Waals surface area contributed by atoms with Crippen LogP contribution in [0.15, 0.2) is 0 Å². The van der Waals surface area contributed by atoms with Crippen molar-refractivity contribution >= 4 is 37.7 Å². The molecule has 4 heteroatoms. The molecule has 0 aliphatic carbocycles. The van der Waals surface area contributed by atoms with Gasteiger partial charge in [-0.1, -0.05) is 0 Å². The van der Waals surface area contributed by atoms with Gasteiger partial charge in [0.15, 0.2) is 0 Å². The van der Waals surface area contributed by atoms with Crippen LogP contribution in [-0.4, -0.2) is 37.7 Å². The van der Waals surface area contributed by atoms with E-state index in [1.807, 2.05) is 0 Å². The summed E-state index contributed by atoms with van der Waals surface area (Å²) in [5.74, 6) is 0. The van der Waals surface area contributed by atoms with Crippen molar-refractivity contribution in [2.45, 2.75) is 0 Å². The van der Waals surface area contributed by atoms with Gasteiger partial charge in [-0.3, -0.25) is 0 Å². The molecule has 0 aromatic heterocycles. The van der Waals surface area contributed by atoms with E-state index in [1.165, 1.54) is 0 Å². The fourth-order valence-electron chi connectivity index (χ4n) is 0. The third-order valence-electron chi connectivity index (χ3n) is 0. The maximum absolute atomic E-state index is 0. The van der Waals surface area contributed by atoms with Crippen LogP contribution in [0.5, 0.6) is 0 Å². The van der Waals surface area contributed by atoms with Crippen molar-refractivity contribution < 1.29 is 41.9 Å². The first-order valence-electron chi connectivity index (χ1n) is 0. The third kappa shape index (κ3) is 8.84. The van der Waals surface area contributed by atoms with E-state index in [1.54, 1.807) is 0 Å². The minimum absolute atomic E-state index is 0. The third-order valence-corrected chi connectivity index (χ3v) is 0. The number of halogens is 2. The van der Waals surface area contributed by atoms with Crippen LogP contribution in [0.3, 0.4) is 0 Å². The summed E-state index contributed by atoms with van der Waals surface area (Å²) in [6.07, 6.45) is 0. The van der Waals surface area contributed by atoms with E-state index < -0.39 is 0 Å². The molecule has 0 aromatic rings. The van der Waals surface area contributed by atoms with E-state index in [0.717, 1.165) is 0 Å². The molecule has 0 nitrogen and oxygen atoms in total. The Morgan fingerprint density at radius 2 is 0.750 bits per heavy atom. The molecule has 0 radical (unpaired) electrons. The topological polar surface area (TPSA) is 0 Å². The maximum Gasteiger partial charge on any atom is 2.00 e. The zero-order valence-electron chi connectivity index (χ0n) is 1.82. The summed E-state index contributed by atoms with van der Waals surface area (Å²) in [5, 5.41) is 0. The zero-order valence-corrected chi connectivity index (χ0v) is 6.64. The first kappa shape index (κ1) is 32.8. The van der Waals surface area contributed by atoms with E-state index in [9.17, 15) is 0 Å². The van der Waals surface area contributed by atoms with Crippen LogP contribution in [0.1, 0.15) is 0 Å². The summed E-state index contributed by atoms with van der Waals surface area (Å²) in [7, 11) is 0. The molecule has 0 bridgehead atoms. The Bertz CT molecular complexity index is 6.00. The van der Waals surface area contributed by atoms with Crippen molar-refractivity contribution in [3.8, 4) is 0 Å². The number of hydrogen-bond acceptors (Lipinski definition) is 0. The minimum atomic E-state index is 0. The molecular formula is CaCl2Fe. The average molecular weight is 167 g/mol. The normalized spacial score (nSPS) is 0. The predicted octanol–water partition coefficient (Wildman–Crippen LogP) is -6.38. The molecule has 0 aromatic carbocycles. The SMILES string of the molecule is [Ca+2].[Cl-].[Cl-].[Fe]. The minimum Gasteiger partial charge on any atom is -1.00 e. The Labute approximate surface area is 78.4 Å². The largest absolute Gasteiger partial charge is 2.00 e. The molecule has 0 aliphatic rings. The van der Waals surface area contributed by atoms with Crippen LogP contribution in [0.2, 0.25) is 0 Å². The van der Waals surface area contributed by atoms with Crippen LogP contribution >= 0.6 is 0 Å². The van der Waals surface area contributed by atoms with Crippen LogP contribution in [0, 0.1) is 0 Å². The quantitative estimate of drug-likeness (QED) is 0.315. The second kappa shape index (κ2) is 18.3. The van der Waals surface area contributed by atoms with Crippen LogP contribution in [-0.2, 0) is 17.1 Å². The molecule has 0 unspecified atom stereocenters. The molecule has 0 aliphatic heterocycles. The first-order valence-corrected chi connectivity index (χ1v) is 0. The van der Waals surface area contributed by atoms with Gasteiger partial charge in [0.25, 0.3) is 0 Å². The van der Waals surface area contributed by atoms with Gasteiger partial charge < -0.3 is 24.8 Å². The van der Waals surface area contributed by atoms with Gasteiger partial charge in [0, 0.05) is 17.1 Å². The van der Waals surface area contributed by atoms with Gasteiger partial charge in [0.05, 0.1) is 0 Å². The molecule has 0 spiro atoms. The number of rotatable bonds is 0. The molecule has 0 amide bonds. The van der Waals surface area contributed by atoms with Gasteiger partial charge in [-0.25, -0.2) is 0 Å². The molecule has 24 valence electrons. The van der Waals surface area contributed by atoms with Gasteiger partial charge in [-0.2, -0.15) is 0 Å². The molecule has 0 saturated heterocycles. The van der Waals surface area contributed by atoms with E-state index in [2.05, 4.69) is 0 Å². The monoisotopic (exact) mass is 166 g/mol. The van der Waals surface area contributed by atoms with Gasteiger partial charge in [0.2, 0.25) is 0 Å². The average Bonchev–Trinajstić information content (AvgIpc) is 0. The van der Waals surface area contributed by atoms with Crippen molar-refractivity contribution in [3.63, 3.8) is 0 Å². The molecule has 4 heavy (non-hydrogen) atoms. The summed E-state index contributed by atoms with van der Waals surface area (Å²) in [6, 6.07) is 0. The second-order valence-corrected chi connectivity index (χ2v) is 0. The Kier molecular flexibility index (Phi) is 150. The Morgan fingerprint density at radius 3 is 0.750 bits per heavy atom. The Balaban J connectivity index is 0. The smallest absolute Gasteiger partial charge is 1.00 e. The van der Waals surface area contributed by atoms with E-state index in [-0.39, 0.29) is 79.6 Å². The fraction of sp³-hybridized carbons (Fsp3) is 0. The van der Waals surface area contributed by atoms with Gasteiger partial charge in [0.1, 0.15) is 0 Å². The molecule has 0 heterocycles. The molecular weight excluding hydrogens is 167 g/mol. The van der Waals surface area contributed by atoms with Crippen molar-refractivity contribution in [3.05, 3.63) is 0 Å². The van der Waals surface area contributed by atoms with Gasteiger partial charge in [-0.15, -0.1) is 0 Å². The van der Waals surface area contributed by atoms with Gasteiger partial charge in [-0.05, 0) is 0 Å². The van der Waals surface area contributed by atoms with E-state index in [4.69, 9.17) is 0 Å². The maximum atomic E-state index is 0. The summed E-state index contributed by atoms with van der Waals surface area (Å²) in [4.78, 5) is 0. The Morgan fingerprint density at radius 1 is 0.750 bits per heavy atom. The predicted molar refractivity (Wildman–Crippen MR) is 5.75 cm³/mol. The van der Waals surface area contributed by atoms with Crippen LogP contribution in [0.25, 0.3) is 0 Å². The first-order chi connectivity index (χ1) is 0. The second-order valence-electron chi connectivity index (χ2n) is 0. The van der Waals surface area contributed by atoms with Crippen LogP contribution < -0.4 is 24.8 Å². The van der Waals surface area contributed by atoms with Crippen molar-refractivity contribution in [1.82, 2.24) is 0 Å².